The monoisotopic (exact) mass is 297 g/mol. The number of amides is 1. The summed E-state index contributed by atoms with van der Waals surface area (Å²) in [5, 5.41) is 3.00. The molecular weight excluding hydrogens is 277 g/mol. The molecular formula is C19H20FNO. The van der Waals surface area contributed by atoms with Crippen molar-refractivity contribution in [2.45, 2.75) is 31.6 Å². The molecule has 0 heterocycles. The van der Waals surface area contributed by atoms with E-state index in [1.165, 1.54) is 29.7 Å². The van der Waals surface area contributed by atoms with Gasteiger partial charge >= 0.3 is 0 Å². The lowest BCUT2D eigenvalue weighted by molar-refractivity contribution is -0.120. The zero-order valence-electron chi connectivity index (χ0n) is 12.5. The van der Waals surface area contributed by atoms with Crippen molar-refractivity contribution in [3.63, 3.8) is 0 Å². The number of halogens is 1. The Kier molecular flexibility index (Phi) is 4.52. The lowest BCUT2D eigenvalue weighted by Crippen LogP contribution is -2.31. The van der Waals surface area contributed by atoms with Crippen LogP contribution in [0, 0.1) is 5.82 Å². The average Bonchev–Trinajstić information content (AvgIpc) is 2.53. The van der Waals surface area contributed by atoms with Crippen LogP contribution in [0.2, 0.25) is 0 Å². The van der Waals surface area contributed by atoms with Gasteiger partial charge in [0.2, 0.25) is 5.91 Å². The summed E-state index contributed by atoms with van der Waals surface area (Å²) in [7, 11) is 0. The highest BCUT2D eigenvalue weighted by molar-refractivity contribution is 5.78. The quantitative estimate of drug-likeness (QED) is 0.918. The molecule has 0 aromatic heterocycles. The molecule has 114 valence electrons. The van der Waals surface area contributed by atoms with Crippen molar-refractivity contribution in [1.29, 1.82) is 0 Å². The molecule has 1 amide bonds. The highest BCUT2D eigenvalue weighted by atomic mass is 19.1. The molecule has 1 aliphatic rings. The topological polar surface area (TPSA) is 29.1 Å². The molecule has 3 heteroatoms. The Labute approximate surface area is 130 Å². The minimum absolute atomic E-state index is 0.0475. The van der Waals surface area contributed by atoms with Crippen LogP contribution in [-0.2, 0) is 17.6 Å². The van der Waals surface area contributed by atoms with Crippen molar-refractivity contribution in [3.8, 4) is 0 Å². The summed E-state index contributed by atoms with van der Waals surface area (Å²) in [6.45, 7) is 0.658. The maximum atomic E-state index is 13.1. The smallest absolute Gasteiger partial charge is 0.224 e. The molecule has 2 aromatic carbocycles. The summed E-state index contributed by atoms with van der Waals surface area (Å²) in [5.74, 6) is 0.0431. The van der Waals surface area contributed by atoms with E-state index in [9.17, 15) is 9.18 Å². The van der Waals surface area contributed by atoms with E-state index >= 15 is 0 Å². The number of rotatable bonds is 4. The van der Waals surface area contributed by atoms with Gasteiger partial charge in [0.1, 0.15) is 5.82 Å². The molecule has 3 rings (SSSR count). The molecule has 0 bridgehead atoms. The van der Waals surface area contributed by atoms with E-state index in [1.807, 2.05) is 0 Å². The van der Waals surface area contributed by atoms with E-state index in [1.54, 1.807) is 12.1 Å². The maximum Gasteiger partial charge on any atom is 0.224 e. The SMILES string of the molecule is O=C(Cc1cccc(F)c1)NC[C@@H]1CCCc2ccccc21. The van der Waals surface area contributed by atoms with Crippen molar-refractivity contribution < 1.29 is 9.18 Å². The Hall–Kier alpha value is -2.16. The van der Waals surface area contributed by atoms with Crippen molar-refractivity contribution in [2.75, 3.05) is 6.54 Å². The molecule has 0 unspecified atom stereocenters. The van der Waals surface area contributed by atoms with E-state index in [2.05, 4.69) is 29.6 Å². The summed E-state index contributed by atoms with van der Waals surface area (Å²) in [4.78, 5) is 12.0. The van der Waals surface area contributed by atoms with Crippen LogP contribution in [0.25, 0.3) is 0 Å². The molecule has 2 aromatic rings. The van der Waals surface area contributed by atoms with Gasteiger partial charge in [-0.1, -0.05) is 36.4 Å². The van der Waals surface area contributed by atoms with Gasteiger partial charge in [-0.2, -0.15) is 0 Å². The predicted molar refractivity (Wildman–Crippen MR) is 85.2 cm³/mol. The van der Waals surface area contributed by atoms with E-state index in [0.29, 0.717) is 18.0 Å². The molecule has 1 aliphatic carbocycles. The second kappa shape index (κ2) is 6.73. The first kappa shape index (κ1) is 14.8. The molecule has 0 spiro atoms. The number of hydrogen-bond acceptors (Lipinski definition) is 1. The molecule has 0 saturated heterocycles. The molecule has 0 saturated carbocycles. The van der Waals surface area contributed by atoms with E-state index in [0.717, 1.165) is 12.8 Å². The van der Waals surface area contributed by atoms with Crippen molar-refractivity contribution in [2.24, 2.45) is 0 Å². The average molecular weight is 297 g/mol. The minimum atomic E-state index is -0.300. The maximum absolute atomic E-state index is 13.1. The van der Waals surface area contributed by atoms with Crippen LogP contribution < -0.4 is 5.32 Å². The third kappa shape index (κ3) is 3.53. The van der Waals surface area contributed by atoms with Gasteiger partial charge in [0.25, 0.3) is 0 Å². The van der Waals surface area contributed by atoms with Crippen LogP contribution in [0.15, 0.2) is 48.5 Å². The largest absolute Gasteiger partial charge is 0.355 e. The van der Waals surface area contributed by atoms with Crippen LogP contribution in [0.4, 0.5) is 4.39 Å². The molecule has 0 aliphatic heterocycles. The van der Waals surface area contributed by atoms with Crippen LogP contribution in [0.5, 0.6) is 0 Å². The van der Waals surface area contributed by atoms with E-state index in [4.69, 9.17) is 0 Å². The Morgan fingerprint density at radius 1 is 1.18 bits per heavy atom. The second-order valence-electron chi connectivity index (χ2n) is 5.90. The van der Waals surface area contributed by atoms with Crippen molar-refractivity contribution in [3.05, 3.63) is 71.0 Å². The summed E-state index contributed by atoms with van der Waals surface area (Å²) < 4.78 is 13.1. The van der Waals surface area contributed by atoms with Gasteiger partial charge in [0.05, 0.1) is 6.42 Å². The minimum Gasteiger partial charge on any atom is -0.355 e. The van der Waals surface area contributed by atoms with Crippen molar-refractivity contribution in [1.82, 2.24) is 5.32 Å². The van der Waals surface area contributed by atoms with Gasteiger partial charge in [-0.05, 0) is 48.1 Å². The Morgan fingerprint density at radius 2 is 2.05 bits per heavy atom. The Bertz CT molecular complexity index is 668. The van der Waals surface area contributed by atoms with Gasteiger partial charge in [-0.25, -0.2) is 4.39 Å². The molecule has 0 radical (unpaired) electrons. The molecule has 0 fully saturated rings. The fourth-order valence-corrected chi connectivity index (χ4v) is 3.20. The third-order valence-corrected chi connectivity index (χ3v) is 4.29. The van der Waals surface area contributed by atoms with E-state index < -0.39 is 0 Å². The summed E-state index contributed by atoms with van der Waals surface area (Å²) in [6.07, 6.45) is 3.63. The number of benzene rings is 2. The highest BCUT2D eigenvalue weighted by Gasteiger charge is 2.20. The van der Waals surface area contributed by atoms with Crippen LogP contribution in [0.1, 0.15) is 35.4 Å². The zero-order chi connectivity index (χ0) is 15.4. The third-order valence-electron chi connectivity index (χ3n) is 4.29. The molecule has 2 nitrogen and oxygen atoms in total. The lowest BCUT2D eigenvalue weighted by Gasteiger charge is -2.25. The van der Waals surface area contributed by atoms with Crippen LogP contribution in [-0.4, -0.2) is 12.5 Å². The first-order valence-electron chi connectivity index (χ1n) is 7.81. The number of aryl methyl sites for hydroxylation is 1. The first-order chi connectivity index (χ1) is 10.7. The van der Waals surface area contributed by atoms with Crippen LogP contribution >= 0.6 is 0 Å². The standard InChI is InChI=1S/C19H20FNO/c20-17-9-3-5-14(11-17)12-19(22)21-13-16-8-4-7-15-6-1-2-10-18(15)16/h1-3,5-6,9-11,16H,4,7-8,12-13H2,(H,21,22)/t16-/m0/s1. The zero-order valence-corrected chi connectivity index (χ0v) is 12.5. The molecule has 1 atom stereocenters. The van der Waals surface area contributed by atoms with Crippen molar-refractivity contribution >= 4 is 5.91 Å². The van der Waals surface area contributed by atoms with Gasteiger partial charge < -0.3 is 5.32 Å². The van der Waals surface area contributed by atoms with Gasteiger partial charge in [-0.15, -0.1) is 0 Å². The van der Waals surface area contributed by atoms with Gasteiger partial charge in [0, 0.05) is 12.5 Å². The predicted octanol–water partition coefficient (Wildman–Crippen LogP) is 3.60. The number of nitrogens with one attached hydrogen (secondary N) is 1. The lowest BCUT2D eigenvalue weighted by atomic mass is 9.83. The number of carbonyl (C=O) groups is 1. The molecule has 1 N–H and O–H groups in total. The number of hydrogen-bond donors (Lipinski definition) is 1. The second-order valence-corrected chi connectivity index (χ2v) is 5.90. The normalized spacial score (nSPS) is 16.9. The Morgan fingerprint density at radius 3 is 2.91 bits per heavy atom. The van der Waals surface area contributed by atoms with E-state index in [-0.39, 0.29) is 18.1 Å². The fourth-order valence-electron chi connectivity index (χ4n) is 3.20. The Balaban J connectivity index is 1.58. The first-order valence-corrected chi connectivity index (χ1v) is 7.81. The van der Waals surface area contributed by atoms with Gasteiger partial charge in [-0.3, -0.25) is 4.79 Å². The molecule has 22 heavy (non-hydrogen) atoms. The fraction of sp³-hybridized carbons (Fsp3) is 0.316. The summed E-state index contributed by atoms with van der Waals surface area (Å²) in [6, 6.07) is 14.7. The summed E-state index contributed by atoms with van der Waals surface area (Å²) >= 11 is 0. The van der Waals surface area contributed by atoms with Gasteiger partial charge in [0.15, 0.2) is 0 Å². The number of carbonyl (C=O) groups excluding carboxylic acids is 1. The summed E-state index contributed by atoms with van der Waals surface area (Å²) in [5.41, 5.74) is 3.47. The van der Waals surface area contributed by atoms with Crippen LogP contribution in [0.3, 0.4) is 0 Å². The highest BCUT2D eigenvalue weighted by Crippen LogP contribution is 2.30. The number of fused-ring (bicyclic) bond motifs is 1.